The first kappa shape index (κ1) is 23.1. The molecular formula is C26H32N2O5. The van der Waals surface area contributed by atoms with E-state index in [-0.39, 0.29) is 25.2 Å². The van der Waals surface area contributed by atoms with E-state index < -0.39 is 17.3 Å². The molecule has 0 radical (unpaired) electrons. The van der Waals surface area contributed by atoms with Crippen LogP contribution in [0.25, 0.3) is 11.1 Å². The van der Waals surface area contributed by atoms with Gasteiger partial charge in [0.25, 0.3) is 0 Å². The Morgan fingerprint density at radius 3 is 2.12 bits per heavy atom. The number of hydrogen-bond donors (Lipinski definition) is 2. The second-order valence-electron chi connectivity index (χ2n) is 9.87. The number of ether oxygens (including phenoxy) is 2. The third-order valence-corrected chi connectivity index (χ3v) is 6.25. The zero-order valence-corrected chi connectivity index (χ0v) is 19.5. The van der Waals surface area contributed by atoms with Crippen LogP contribution < -0.4 is 5.32 Å². The molecule has 1 saturated heterocycles. The van der Waals surface area contributed by atoms with Gasteiger partial charge in [0.2, 0.25) is 0 Å². The number of aliphatic hydroxyl groups is 1. The van der Waals surface area contributed by atoms with E-state index in [9.17, 15) is 14.7 Å². The van der Waals surface area contributed by atoms with Crippen LogP contribution in [0.5, 0.6) is 0 Å². The largest absolute Gasteiger partial charge is 0.448 e. The van der Waals surface area contributed by atoms with Crippen LogP contribution in [0.2, 0.25) is 0 Å². The third kappa shape index (κ3) is 5.30. The molecule has 33 heavy (non-hydrogen) atoms. The van der Waals surface area contributed by atoms with Crippen molar-refractivity contribution in [3.8, 4) is 11.1 Å². The fourth-order valence-corrected chi connectivity index (χ4v) is 4.52. The van der Waals surface area contributed by atoms with Gasteiger partial charge < -0.3 is 24.8 Å². The second-order valence-corrected chi connectivity index (χ2v) is 9.87. The third-order valence-electron chi connectivity index (χ3n) is 6.25. The Morgan fingerprint density at radius 2 is 1.58 bits per heavy atom. The van der Waals surface area contributed by atoms with Crippen molar-refractivity contribution in [2.24, 2.45) is 0 Å². The number of fused-ring (bicyclic) bond motifs is 3. The van der Waals surface area contributed by atoms with Crippen molar-refractivity contribution in [3.63, 3.8) is 0 Å². The molecule has 7 nitrogen and oxygen atoms in total. The number of carbonyl (C=O) groups excluding carboxylic acids is 2. The number of likely N-dealkylation sites (tertiary alicyclic amines) is 1. The summed E-state index contributed by atoms with van der Waals surface area (Å²) in [5.41, 5.74) is 3.06. The fraction of sp³-hybridized carbons (Fsp3) is 0.462. The maximum absolute atomic E-state index is 12.7. The number of carbonyl (C=O) groups is 2. The van der Waals surface area contributed by atoms with Crippen LogP contribution in [0.1, 0.15) is 50.7 Å². The van der Waals surface area contributed by atoms with Crippen molar-refractivity contribution < 1.29 is 24.2 Å². The first-order valence-corrected chi connectivity index (χ1v) is 11.4. The van der Waals surface area contributed by atoms with Crippen molar-refractivity contribution in [2.45, 2.75) is 50.7 Å². The Balaban J connectivity index is 1.29. The Hall–Kier alpha value is -3.06. The maximum Gasteiger partial charge on any atom is 0.409 e. The average Bonchev–Trinajstić information content (AvgIpc) is 3.09. The van der Waals surface area contributed by atoms with Gasteiger partial charge in [-0.15, -0.1) is 0 Å². The van der Waals surface area contributed by atoms with Crippen LogP contribution >= 0.6 is 0 Å². The summed E-state index contributed by atoms with van der Waals surface area (Å²) in [4.78, 5) is 26.2. The molecule has 1 heterocycles. The summed E-state index contributed by atoms with van der Waals surface area (Å²) in [7, 11) is 0. The molecule has 0 saturated carbocycles. The van der Waals surface area contributed by atoms with Crippen LogP contribution in [-0.4, -0.2) is 59.6 Å². The minimum absolute atomic E-state index is 0.0149. The van der Waals surface area contributed by atoms with Crippen LogP contribution in [0, 0.1) is 0 Å². The van der Waals surface area contributed by atoms with E-state index in [2.05, 4.69) is 29.6 Å². The predicted molar refractivity (Wildman–Crippen MR) is 125 cm³/mol. The van der Waals surface area contributed by atoms with Gasteiger partial charge in [-0.2, -0.15) is 0 Å². The van der Waals surface area contributed by atoms with Gasteiger partial charge in [-0.25, -0.2) is 9.59 Å². The van der Waals surface area contributed by atoms with Crippen molar-refractivity contribution in [3.05, 3.63) is 59.7 Å². The van der Waals surface area contributed by atoms with E-state index >= 15 is 0 Å². The fourth-order valence-electron chi connectivity index (χ4n) is 4.52. The van der Waals surface area contributed by atoms with E-state index in [1.54, 1.807) is 25.7 Å². The number of nitrogens with zero attached hydrogens (tertiary/aromatic N) is 1. The quantitative estimate of drug-likeness (QED) is 0.723. The van der Waals surface area contributed by atoms with Gasteiger partial charge in [-0.1, -0.05) is 48.5 Å². The Labute approximate surface area is 194 Å². The number of amides is 2. The van der Waals surface area contributed by atoms with Crippen LogP contribution in [0.4, 0.5) is 9.59 Å². The standard InChI is InChI=1S/C26H32N2O5/c1-25(2,3)33-23(29)27-17-26(31)12-14-28(15-13-26)24(30)32-16-22-20-10-6-4-8-18(20)19-9-5-7-11-21(19)22/h4-11,22,31H,12-17H2,1-3H3,(H,27,29). The van der Waals surface area contributed by atoms with Gasteiger partial charge in [0.05, 0.1) is 5.60 Å². The highest BCUT2D eigenvalue weighted by molar-refractivity contribution is 5.79. The summed E-state index contributed by atoms with van der Waals surface area (Å²) in [6, 6.07) is 16.5. The molecule has 2 aromatic carbocycles. The Bertz CT molecular complexity index is 976. The lowest BCUT2D eigenvalue weighted by molar-refractivity contribution is -0.0223. The minimum Gasteiger partial charge on any atom is -0.448 e. The lowest BCUT2D eigenvalue weighted by Gasteiger charge is -2.37. The molecule has 176 valence electrons. The first-order valence-electron chi connectivity index (χ1n) is 11.4. The summed E-state index contributed by atoms with van der Waals surface area (Å²) < 4.78 is 10.9. The van der Waals surface area contributed by atoms with E-state index in [1.165, 1.54) is 22.3 Å². The minimum atomic E-state index is -1.07. The second kappa shape index (κ2) is 9.06. The van der Waals surface area contributed by atoms with Crippen LogP contribution in [-0.2, 0) is 9.47 Å². The average molecular weight is 453 g/mol. The predicted octanol–water partition coefficient (Wildman–Crippen LogP) is 4.29. The summed E-state index contributed by atoms with van der Waals surface area (Å²) in [5.74, 6) is 0.0149. The summed E-state index contributed by atoms with van der Waals surface area (Å²) in [6.07, 6.45) is -0.228. The molecule has 1 fully saturated rings. The Morgan fingerprint density at radius 1 is 1.03 bits per heavy atom. The van der Waals surface area contributed by atoms with Gasteiger partial charge in [0.1, 0.15) is 12.2 Å². The molecule has 2 aromatic rings. The topological polar surface area (TPSA) is 88.1 Å². The highest BCUT2D eigenvalue weighted by Crippen LogP contribution is 2.44. The highest BCUT2D eigenvalue weighted by atomic mass is 16.6. The van der Waals surface area contributed by atoms with E-state index in [0.29, 0.717) is 25.9 Å². The van der Waals surface area contributed by atoms with Crippen molar-refractivity contribution >= 4 is 12.2 Å². The maximum atomic E-state index is 12.7. The van der Waals surface area contributed by atoms with Crippen molar-refractivity contribution in [2.75, 3.05) is 26.2 Å². The lowest BCUT2D eigenvalue weighted by atomic mass is 9.91. The molecule has 4 rings (SSSR count). The molecule has 0 bridgehead atoms. The SMILES string of the molecule is CC(C)(C)OC(=O)NCC1(O)CCN(C(=O)OCC2c3ccccc3-c3ccccc32)CC1. The number of rotatable bonds is 4. The first-order chi connectivity index (χ1) is 15.7. The van der Waals surface area contributed by atoms with Crippen LogP contribution in [0.15, 0.2) is 48.5 Å². The van der Waals surface area contributed by atoms with Crippen molar-refractivity contribution in [1.82, 2.24) is 10.2 Å². The molecule has 2 amide bonds. The molecule has 0 unspecified atom stereocenters. The molecule has 1 aliphatic heterocycles. The van der Waals surface area contributed by atoms with Gasteiger partial charge in [0.15, 0.2) is 0 Å². The smallest absolute Gasteiger partial charge is 0.409 e. The summed E-state index contributed by atoms with van der Waals surface area (Å²) in [6.45, 7) is 6.44. The van der Waals surface area contributed by atoms with Crippen molar-refractivity contribution in [1.29, 1.82) is 0 Å². The number of alkyl carbamates (subject to hydrolysis) is 1. The van der Waals surface area contributed by atoms with Gasteiger partial charge in [-0.3, -0.25) is 0 Å². The summed E-state index contributed by atoms with van der Waals surface area (Å²) in [5, 5.41) is 13.4. The molecular weight excluding hydrogens is 420 g/mol. The number of nitrogens with one attached hydrogen (secondary N) is 1. The van der Waals surface area contributed by atoms with E-state index in [0.717, 1.165) is 0 Å². The molecule has 7 heteroatoms. The van der Waals surface area contributed by atoms with Crippen LogP contribution in [0.3, 0.4) is 0 Å². The molecule has 1 aliphatic carbocycles. The summed E-state index contributed by atoms with van der Waals surface area (Å²) >= 11 is 0. The van der Waals surface area contributed by atoms with E-state index in [4.69, 9.17) is 9.47 Å². The zero-order chi connectivity index (χ0) is 23.6. The number of benzene rings is 2. The normalized spacial score (nSPS) is 17.2. The monoisotopic (exact) mass is 452 g/mol. The Kier molecular flexibility index (Phi) is 6.34. The van der Waals surface area contributed by atoms with Gasteiger partial charge in [-0.05, 0) is 55.9 Å². The lowest BCUT2D eigenvalue weighted by Crippen LogP contribution is -2.52. The van der Waals surface area contributed by atoms with E-state index in [1.807, 2.05) is 24.3 Å². The molecule has 0 aromatic heterocycles. The molecule has 0 spiro atoms. The van der Waals surface area contributed by atoms with Gasteiger partial charge >= 0.3 is 12.2 Å². The number of hydrogen-bond acceptors (Lipinski definition) is 5. The highest BCUT2D eigenvalue weighted by Gasteiger charge is 2.36. The zero-order valence-electron chi connectivity index (χ0n) is 19.5. The van der Waals surface area contributed by atoms with Gasteiger partial charge in [0, 0.05) is 25.6 Å². The number of piperidine rings is 1. The molecule has 0 atom stereocenters. The molecule has 2 N–H and O–H groups in total. The molecule has 2 aliphatic rings.